The highest BCUT2D eigenvalue weighted by Crippen LogP contribution is 2.34. The Balaban J connectivity index is 1.66. The SMILES string of the molecule is CNc1ncc(-c2cc3ccc(C)cn3n2)c2cc(NC(=O)C3CC3)ncc12. The van der Waals surface area contributed by atoms with Gasteiger partial charge in [-0.1, -0.05) is 6.07 Å². The summed E-state index contributed by atoms with van der Waals surface area (Å²) in [5.41, 5.74) is 3.89. The van der Waals surface area contributed by atoms with Crippen LogP contribution >= 0.6 is 0 Å². The highest BCUT2D eigenvalue weighted by Gasteiger charge is 2.29. The number of aryl methyl sites for hydroxylation is 1. The molecule has 0 unspecified atom stereocenters. The Kier molecular flexibility index (Phi) is 3.75. The average molecular weight is 372 g/mol. The maximum atomic E-state index is 12.1. The third-order valence-electron chi connectivity index (χ3n) is 5.09. The number of nitrogens with zero attached hydrogens (tertiary/aromatic N) is 4. The van der Waals surface area contributed by atoms with E-state index in [1.165, 1.54) is 0 Å². The summed E-state index contributed by atoms with van der Waals surface area (Å²) in [5.74, 6) is 1.47. The number of hydrogen-bond acceptors (Lipinski definition) is 5. The monoisotopic (exact) mass is 372 g/mol. The number of carbonyl (C=O) groups is 1. The van der Waals surface area contributed by atoms with Crippen LogP contribution in [0.5, 0.6) is 0 Å². The van der Waals surface area contributed by atoms with E-state index in [2.05, 4.69) is 26.7 Å². The van der Waals surface area contributed by atoms with Crippen molar-refractivity contribution in [3.8, 4) is 11.3 Å². The minimum Gasteiger partial charge on any atom is -0.373 e. The number of rotatable bonds is 4. The third-order valence-corrected chi connectivity index (χ3v) is 5.09. The second kappa shape index (κ2) is 6.30. The molecular formula is C21H20N6O. The van der Waals surface area contributed by atoms with Gasteiger partial charge in [0.25, 0.3) is 0 Å². The molecule has 1 fully saturated rings. The van der Waals surface area contributed by atoms with Crippen LogP contribution in [0.1, 0.15) is 18.4 Å². The highest BCUT2D eigenvalue weighted by atomic mass is 16.2. The molecule has 4 heterocycles. The summed E-state index contributed by atoms with van der Waals surface area (Å²) in [6, 6.07) is 8.06. The summed E-state index contributed by atoms with van der Waals surface area (Å²) in [6.45, 7) is 2.04. The lowest BCUT2D eigenvalue weighted by Crippen LogP contribution is -2.14. The van der Waals surface area contributed by atoms with Gasteiger partial charge in [0.05, 0.1) is 11.2 Å². The molecular weight excluding hydrogens is 352 g/mol. The van der Waals surface area contributed by atoms with Gasteiger partial charge < -0.3 is 10.6 Å². The molecule has 140 valence electrons. The van der Waals surface area contributed by atoms with E-state index in [-0.39, 0.29) is 11.8 Å². The van der Waals surface area contributed by atoms with Crippen molar-refractivity contribution in [2.45, 2.75) is 19.8 Å². The van der Waals surface area contributed by atoms with Gasteiger partial charge in [0.1, 0.15) is 11.6 Å². The molecule has 0 radical (unpaired) electrons. The van der Waals surface area contributed by atoms with Gasteiger partial charge in [0, 0.05) is 47.9 Å². The fourth-order valence-electron chi connectivity index (χ4n) is 3.40. The smallest absolute Gasteiger partial charge is 0.228 e. The molecule has 0 bridgehead atoms. The number of anilines is 2. The molecule has 7 nitrogen and oxygen atoms in total. The second-order valence-electron chi connectivity index (χ2n) is 7.25. The number of hydrogen-bond donors (Lipinski definition) is 2. The van der Waals surface area contributed by atoms with Crippen molar-refractivity contribution < 1.29 is 4.79 Å². The summed E-state index contributed by atoms with van der Waals surface area (Å²) >= 11 is 0. The number of fused-ring (bicyclic) bond motifs is 2. The normalized spacial score (nSPS) is 13.8. The Labute approximate surface area is 161 Å². The standard InChI is InChI=1S/C21H20N6O/c1-12-3-6-14-7-18(26-27(14)11-12)16-9-24-20(22-2)17-10-23-19(8-15(16)17)25-21(28)13-4-5-13/h3,6-11,13H,4-5H2,1-2H3,(H,22,24)(H,23,25,28). The lowest BCUT2D eigenvalue weighted by atomic mass is 10.1. The average Bonchev–Trinajstić information content (AvgIpc) is 3.47. The first-order valence-corrected chi connectivity index (χ1v) is 9.36. The second-order valence-corrected chi connectivity index (χ2v) is 7.25. The van der Waals surface area contributed by atoms with Gasteiger partial charge in [0.2, 0.25) is 5.91 Å². The Bertz CT molecular complexity index is 1220. The zero-order valence-corrected chi connectivity index (χ0v) is 15.7. The van der Waals surface area contributed by atoms with Crippen molar-refractivity contribution in [2.75, 3.05) is 17.7 Å². The molecule has 1 amide bonds. The lowest BCUT2D eigenvalue weighted by molar-refractivity contribution is -0.117. The van der Waals surface area contributed by atoms with Crippen LogP contribution in [0.15, 0.2) is 42.9 Å². The Morgan fingerprint density at radius 2 is 2.00 bits per heavy atom. The van der Waals surface area contributed by atoms with Gasteiger partial charge in [-0.05, 0) is 43.5 Å². The first kappa shape index (κ1) is 16.7. The number of pyridine rings is 3. The maximum Gasteiger partial charge on any atom is 0.228 e. The molecule has 0 spiro atoms. The van der Waals surface area contributed by atoms with Crippen LogP contribution in [0, 0.1) is 12.8 Å². The summed E-state index contributed by atoms with van der Waals surface area (Å²) in [7, 11) is 1.83. The topological polar surface area (TPSA) is 84.2 Å². The summed E-state index contributed by atoms with van der Waals surface area (Å²) < 4.78 is 1.87. The van der Waals surface area contributed by atoms with E-state index < -0.39 is 0 Å². The molecule has 4 aromatic rings. The molecule has 0 saturated heterocycles. The van der Waals surface area contributed by atoms with Crippen LogP contribution in [0.25, 0.3) is 27.5 Å². The third kappa shape index (κ3) is 2.85. The molecule has 1 aliphatic rings. The molecule has 5 rings (SSSR count). The van der Waals surface area contributed by atoms with Crippen LogP contribution in [-0.4, -0.2) is 32.5 Å². The van der Waals surface area contributed by atoms with Gasteiger partial charge in [-0.25, -0.2) is 14.5 Å². The number of aromatic nitrogens is 4. The number of amides is 1. The van der Waals surface area contributed by atoms with E-state index in [9.17, 15) is 4.79 Å². The van der Waals surface area contributed by atoms with Crippen LogP contribution in [0.2, 0.25) is 0 Å². The fraction of sp³-hybridized carbons (Fsp3) is 0.238. The molecule has 0 aliphatic heterocycles. The predicted octanol–water partition coefficient (Wildman–Crippen LogP) is 3.64. The summed E-state index contributed by atoms with van der Waals surface area (Å²) in [5, 5.41) is 12.6. The summed E-state index contributed by atoms with van der Waals surface area (Å²) in [4.78, 5) is 21.1. The molecule has 1 aliphatic carbocycles. The van der Waals surface area contributed by atoms with Crippen molar-refractivity contribution in [2.24, 2.45) is 5.92 Å². The van der Waals surface area contributed by atoms with E-state index in [0.717, 1.165) is 51.8 Å². The zero-order valence-electron chi connectivity index (χ0n) is 15.7. The molecule has 4 aromatic heterocycles. The van der Waals surface area contributed by atoms with Crippen molar-refractivity contribution in [3.05, 3.63) is 48.4 Å². The van der Waals surface area contributed by atoms with E-state index in [1.807, 2.05) is 49.1 Å². The largest absolute Gasteiger partial charge is 0.373 e. The number of carbonyl (C=O) groups excluding carboxylic acids is 1. The van der Waals surface area contributed by atoms with Crippen molar-refractivity contribution >= 4 is 33.8 Å². The van der Waals surface area contributed by atoms with Crippen LogP contribution < -0.4 is 10.6 Å². The van der Waals surface area contributed by atoms with Crippen LogP contribution in [0.3, 0.4) is 0 Å². The molecule has 1 saturated carbocycles. The van der Waals surface area contributed by atoms with E-state index >= 15 is 0 Å². The van der Waals surface area contributed by atoms with Gasteiger partial charge >= 0.3 is 0 Å². The Morgan fingerprint density at radius 3 is 2.79 bits per heavy atom. The molecule has 28 heavy (non-hydrogen) atoms. The Morgan fingerprint density at radius 1 is 1.14 bits per heavy atom. The molecule has 0 atom stereocenters. The lowest BCUT2D eigenvalue weighted by Gasteiger charge is -2.10. The fourth-order valence-corrected chi connectivity index (χ4v) is 3.40. The first-order chi connectivity index (χ1) is 13.6. The number of nitrogens with one attached hydrogen (secondary N) is 2. The quantitative estimate of drug-likeness (QED) is 0.571. The van der Waals surface area contributed by atoms with E-state index in [1.54, 1.807) is 6.20 Å². The van der Waals surface area contributed by atoms with Gasteiger partial charge in [-0.3, -0.25) is 4.79 Å². The summed E-state index contributed by atoms with van der Waals surface area (Å²) in [6.07, 6.45) is 7.48. The minimum atomic E-state index is 0.0412. The first-order valence-electron chi connectivity index (χ1n) is 9.36. The van der Waals surface area contributed by atoms with Crippen molar-refractivity contribution in [1.82, 2.24) is 19.6 Å². The molecule has 0 aromatic carbocycles. The van der Waals surface area contributed by atoms with Crippen molar-refractivity contribution in [3.63, 3.8) is 0 Å². The molecule has 2 N–H and O–H groups in total. The van der Waals surface area contributed by atoms with Crippen LogP contribution in [0.4, 0.5) is 11.6 Å². The van der Waals surface area contributed by atoms with Gasteiger partial charge in [-0.15, -0.1) is 0 Å². The van der Waals surface area contributed by atoms with Crippen molar-refractivity contribution in [1.29, 1.82) is 0 Å². The van der Waals surface area contributed by atoms with Crippen LogP contribution in [-0.2, 0) is 4.79 Å². The van der Waals surface area contributed by atoms with E-state index in [4.69, 9.17) is 5.10 Å². The maximum absolute atomic E-state index is 12.1. The van der Waals surface area contributed by atoms with E-state index in [0.29, 0.717) is 5.82 Å². The predicted molar refractivity (Wildman–Crippen MR) is 109 cm³/mol. The zero-order chi connectivity index (χ0) is 19.3. The minimum absolute atomic E-state index is 0.0412. The van der Waals surface area contributed by atoms with Gasteiger partial charge in [-0.2, -0.15) is 5.10 Å². The Hall–Kier alpha value is -3.48. The molecule has 7 heteroatoms. The highest BCUT2D eigenvalue weighted by molar-refractivity contribution is 6.03. The van der Waals surface area contributed by atoms with Gasteiger partial charge in [0.15, 0.2) is 0 Å².